The Balaban J connectivity index is 0.000000585. The molecule has 4 heterocycles. The minimum atomic E-state index is -1.37. The van der Waals surface area contributed by atoms with E-state index >= 15 is 0 Å². The van der Waals surface area contributed by atoms with Gasteiger partial charge in [0, 0.05) is 38.1 Å². The van der Waals surface area contributed by atoms with Crippen LogP contribution in [0.3, 0.4) is 0 Å². The lowest BCUT2D eigenvalue weighted by molar-refractivity contribution is -0.883. The minimum absolute atomic E-state index is 0. The highest BCUT2D eigenvalue weighted by molar-refractivity contribution is 5.72. The van der Waals surface area contributed by atoms with Crippen molar-refractivity contribution in [1.82, 2.24) is 9.97 Å². The molecular formula is C22H40N10O8. The second kappa shape index (κ2) is 17.1. The molecule has 40 heavy (non-hydrogen) atoms. The Morgan fingerprint density at radius 2 is 1.00 bits per heavy atom. The van der Waals surface area contributed by atoms with E-state index < -0.39 is 24.8 Å². The molecule has 0 spiro atoms. The number of anilines is 6. The molecule has 2 aromatic heterocycles. The molecule has 4 rings (SSSR count). The van der Waals surface area contributed by atoms with Gasteiger partial charge in [-0.1, -0.05) is 9.97 Å². The highest BCUT2D eigenvalue weighted by Gasteiger charge is 2.20. The molecule has 18 heteroatoms. The predicted molar refractivity (Wildman–Crippen MR) is 139 cm³/mol. The van der Waals surface area contributed by atoms with Gasteiger partial charge in [-0.05, 0) is 60.8 Å². The van der Waals surface area contributed by atoms with E-state index in [0.29, 0.717) is 9.46 Å². The summed E-state index contributed by atoms with van der Waals surface area (Å²) in [6, 6.07) is 3.28. The van der Waals surface area contributed by atoms with Crippen LogP contribution in [0.25, 0.3) is 0 Å². The molecule has 0 saturated carbocycles. The molecule has 2 saturated heterocycles. The largest absolute Gasteiger partial charge is 0.550 e. The van der Waals surface area contributed by atoms with Crippen LogP contribution in [0.4, 0.5) is 35.2 Å². The van der Waals surface area contributed by atoms with Gasteiger partial charge in [-0.2, -0.15) is 0 Å². The molecule has 2 aromatic rings. The monoisotopic (exact) mass is 572 g/mol. The van der Waals surface area contributed by atoms with E-state index in [2.05, 4.69) is 19.8 Å². The van der Waals surface area contributed by atoms with Gasteiger partial charge in [-0.25, -0.2) is 0 Å². The second-order valence-electron chi connectivity index (χ2n) is 8.76. The Labute approximate surface area is 230 Å². The van der Waals surface area contributed by atoms with E-state index in [9.17, 15) is 30.2 Å². The maximum absolute atomic E-state index is 9.50. The summed E-state index contributed by atoms with van der Waals surface area (Å²) in [6.45, 7) is 3.89. The molecule has 0 radical (unpaired) electrons. The Kier molecular flexibility index (Phi) is 15.1. The SMILES string of the molecule is Nc1cc(N2CCCCC2)nc(N)[n+]1O.Nc1cc(N2CCCCC2)nc(N)[n+]1O.O.O.O=C([O-])CCC(=O)[O-]. The van der Waals surface area contributed by atoms with Gasteiger partial charge in [0.25, 0.3) is 0 Å². The van der Waals surface area contributed by atoms with E-state index in [4.69, 9.17) is 22.9 Å². The smallest absolute Gasteiger partial charge is 0.383 e. The molecule has 0 aliphatic carbocycles. The number of carbonyl (C=O) groups is 2. The van der Waals surface area contributed by atoms with Crippen LogP contribution in [0, 0.1) is 0 Å². The number of aromatic nitrogens is 4. The predicted octanol–water partition coefficient (Wildman–Crippen LogP) is -4.86. The lowest BCUT2D eigenvalue weighted by Crippen LogP contribution is -2.40. The summed E-state index contributed by atoms with van der Waals surface area (Å²) in [5, 5.41) is 37.6. The van der Waals surface area contributed by atoms with Crippen molar-refractivity contribution in [1.29, 1.82) is 0 Å². The molecule has 2 aliphatic heterocycles. The minimum Gasteiger partial charge on any atom is -0.550 e. The number of carboxylic acids is 2. The summed E-state index contributed by atoms with van der Waals surface area (Å²) in [5.74, 6) is -0.773. The summed E-state index contributed by atoms with van der Waals surface area (Å²) < 4.78 is 1.38. The zero-order chi connectivity index (χ0) is 28.2. The van der Waals surface area contributed by atoms with Gasteiger partial charge < -0.3 is 73.9 Å². The topological polar surface area (TPSA) is 328 Å². The Morgan fingerprint density at radius 3 is 1.25 bits per heavy atom. The van der Waals surface area contributed by atoms with Crippen molar-refractivity contribution in [2.45, 2.75) is 51.4 Å². The fourth-order valence-electron chi connectivity index (χ4n) is 3.82. The summed E-state index contributed by atoms with van der Waals surface area (Å²) >= 11 is 0. The van der Waals surface area contributed by atoms with Crippen molar-refractivity contribution in [2.75, 3.05) is 58.9 Å². The van der Waals surface area contributed by atoms with Crippen LogP contribution in [-0.2, 0) is 9.59 Å². The second-order valence-corrected chi connectivity index (χ2v) is 8.76. The zero-order valence-electron chi connectivity index (χ0n) is 22.2. The van der Waals surface area contributed by atoms with Gasteiger partial charge in [0.05, 0.1) is 12.1 Å². The van der Waals surface area contributed by atoms with Gasteiger partial charge in [-0.15, -0.1) is 0 Å². The van der Waals surface area contributed by atoms with E-state index in [1.165, 1.54) is 12.8 Å². The highest BCUT2D eigenvalue weighted by atomic mass is 16.5. The molecule has 0 unspecified atom stereocenters. The molecule has 226 valence electrons. The lowest BCUT2D eigenvalue weighted by atomic mass is 10.1. The third-order valence-electron chi connectivity index (χ3n) is 5.83. The van der Waals surface area contributed by atoms with Gasteiger partial charge in [0.1, 0.15) is 0 Å². The molecular weight excluding hydrogens is 532 g/mol. The standard InChI is InChI=1S/2C9H15N5O.C4H6O4.2H2O/c2*10-7-6-8(12-9(11)14(7)15)13-4-2-1-3-5-13;5-3(6)1-2-4(7)8;;/h2*6,15H,1-5H2,(H3,10,11,12);1-2H2,(H,5,6)(H,7,8);2*1H2. The number of nitrogens with two attached hydrogens (primary N) is 4. The number of carbonyl (C=O) groups excluding carboxylic acids is 2. The van der Waals surface area contributed by atoms with Gasteiger partial charge >= 0.3 is 11.9 Å². The van der Waals surface area contributed by atoms with E-state index in [0.717, 1.165) is 63.5 Å². The van der Waals surface area contributed by atoms with Crippen LogP contribution in [-0.4, -0.2) is 69.5 Å². The van der Waals surface area contributed by atoms with Crippen molar-refractivity contribution in [3.63, 3.8) is 0 Å². The fourth-order valence-corrected chi connectivity index (χ4v) is 3.82. The normalized spacial score (nSPS) is 14.2. The molecule has 0 aromatic carbocycles. The number of aliphatic carboxylic acids is 2. The Bertz CT molecular complexity index is 964. The van der Waals surface area contributed by atoms with Crippen molar-refractivity contribution in [3.05, 3.63) is 12.1 Å². The van der Waals surface area contributed by atoms with Gasteiger partial charge in [-0.3, -0.25) is 0 Å². The van der Waals surface area contributed by atoms with Crippen molar-refractivity contribution in [3.8, 4) is 0 Å². The molecule has 0 amide bonds. The van der Waals surface area contributed by atoms with Crippen molar-refractivity contribution >= 4 is 47.1 Å². The van der Waals surface area contributed by atoms with Crippen LogP contribution in [0.5, 0.6) is 0 Å². The number of carboxylic acid groups (broad SMARTS) is 2. The average Bonchev–Trinajstić information content (AvgIpc) is 2.90. The number of nitrogens with zero attached hydrogens (tertiary/aromatic N) is 6. The molecule has 0 atom stereocenters. The molecule has 0 bridgehead atoms. The van der Waals surface area contributed by atoms with Crippen molar-refractivity contribution < 1.29 is 50.6 Å². The number of rotatable bonds is 5. The molecule has 2 fully saturated rings. The third-order valence-corrected chi connectivity index (χ3v) is 5.83. The zero-order valence-corrected chi connectivity index (χ0v) is 22.2. The average molecular weight is 573 g/mol. The van der Waals surface area contributed by atoms with E-state index in [1.54, 1.807) is 12.1 Å². The van der Waals surface area contributed by atoms with Crippen LogP contribution < -0.4 is 52.4 Å². The summed E-state index contributed by atoms with van der Waals surface area (Å²) in [7, 11) is 0. The molecule has 14 N–H and O–H groups in total. The quantitative estimate of drug-likeness (QED) is 0.144. The van der Waals surface area contributed by atoms with Crippen LogP contribution in [0.2, 0.25) is 0 Å². The molecule has 2 aliphatic rings. The first-order valence-corrected chi connectivity index (χ1v) is 12.2. The van der Waals surface area contributed by atoms with Crippen LogP contribution >= 0.6 is 0 Å². The first-order chi connectivity index (χ1) is 18.0. The van der Waals surface area contributed by atoms with Crippen molar-refractivity contribution in [2.24, 2.45) is 0 Å². The maximum atomic E-state index is 9.50. The van der Waals surface area contributed by atoms with Crippen LogP contribution in [0.15, 0.2) is 12.1 Å². The number of hydrogen-bond acceptors (Lipinski definition) is 14. The first-order valence-electron chi connectivity index (χ1n) is 12.2. The van der Waals surface area contributed by atoms with Gasteiger partial charge in [0.2, 0.25) is 11.6 Å². The summed E-state index contributed by atoms with van der Waals surface area (Å²) in [5.41, 5.74) is 22.2. The van der Waals surface area contributed by atoms with Gasteiger partial charge in [0.15, 0.2) is 11.6 Å². The Hall–Kier alpha value is -4.58. The summed E-state index contributed by atoms with van der Waals surface area (Å²) in [6.07, 6.45) is 6.23. The fraction of sp³-hybridized carbons (Fsp3) is 0.545. The van der Waals surface area contributed by atoms with E-state index in [-0.39, 0.29) is 34.5 Å². The maximum Gasteiger partial charge on any atom is 0.383 e. The number of nitrogen functional groups attached to an aromatic ring is 4. The summed E-state index contributed by atoms with van der Waals surface area (Å²) in [4.78, 5) is 31.5. The first kappa shape index (κ1) is 35.4. The Morgan fingerprint density at radius 1 is 0.700 bits per heavy atom. The number of hydrogen-bond donors (Lipinski definition) is 6. The number of piperidine rings is 2. The van der Waals surface area contributed by atoms with Crippen LogP contribution in [0.1, 0.15) is 51.4 Å². The van der Waals surface area contributed by atoms with E-state index in [1.807, 2.05) is 0 Å². The molecule has 18 nitrogen and oxygen atoms in total. The highest BCUT2D eigenvalue weighted by Crippen LogP contribution is 2.19. The lowest BCUT2D eigenvalue weighted by Gasteiger charge is -2.26. The third kappa shape index (κ3) is 11.0.